The molecule has 1 aromatic heterocycles. The molecule has 0 saturated heterocycles. The van der Waals surface area contributed by atoms with E-state index in [1.807, 2.05) is 4.72 Å². The van der Waals surface area contributed by atoms with Crippen molar-refractivity contribution < 1.29 is 17.2 Å². The maximum Gasteiger partial charge on any atom is 0.263 e. The molecule has 0 amide bonds. The zero-order chi connectivity index (χ0) is 14.8. The first kappa shape index (κ1) is 14.4. The van der Waals surface area contributed by atoms with E-state index in [1.54, 1.807) is 0 Å². The number of hydrogen-bond donors (Lipinski definition) is 2. The molecule has 3 N–H and O–H groups in total. The number of rotatable bonds is 4. The Hall–Kier alpha value is -2.06. The molecule has 0 unspecified atom stereocenters. The van der Waals surface area contributed by atoms with Crippen LogP contribution >= 0.6 is 0 Å². The molecule has 8 heteroatoms. The third kappa shape index (κ3) is 2.91. The quantitative estimate of drug-likeness (QED) is 0.898. The average Bonchev–Trinajstić information content (AvgIpc) is 2.44. The number of halogens is 2. The summed E-state index contributed by atoms with van der Waals surface area (Å²) in [5.41, 5.74) is 5.40. The number of nitrogens with zero attached hydrogens (tertiary/aromatic N) is 1. The summed E-state index contributed by atoms with van der Waals surface area (Å²) >= 11 is 0. The number of aromatic nitrogens is 1. The molecule has 106 valence electrons. The minimum absolute atomic E-state index is 0.168. The molecule has 2 rings (SSSR count). The van der Waals surface area contributed by atoms with E-state index in [4.69, 9.17) is 5.73 Å². The fourth-order valence-corrected chi connectivity index (χ4v) is 2.48. The molecular formula is C12H11F2N3O2S. The van der Waals surface area contributed by atoms with Crippen molar-refractivity contribution in [2.45, 2.75) is 11.4 Å². The molecule has 0 fully saturated rings. The third-order valence-electron chi connectivity index (χ3n) is 2.51. The summed E-state index contributed by atoms with van der Waals surface area (Å²) in [5.74, 6) is -2.40. The van der Waals surface area contributed by atoms with E-state index in [0.717, 1.165) is 18.3 Å². The van der Waals surface area contributed by atoms with Gasteiger partial charge in [-0.25, -0.2) is 17.2 Å². The monoisotopic (exact) mass is 299 g/mol. The van der Waals surface area contributed by atoms with Crippen molar-refractivity contribution in [3.8, 4) is 0 Å². The number of pyridine rings is 1. The summed E-state index contributed by atoms with van der Waals surface area (Å²) in [4.78, 5) is 3.66. The van der Waals surface area contributed by atoms with Gasteiger partial charge in [0.15, 0.2) is 11.6 Å². The van der Waals surface area contributed by atoms with Crippen LogP contribution in [0, 0.1) is 11.6 Å². The van der Waals surface area contributed by atoms with E-state index in [9.17, 15) is 17.2 Å². The number of benzene rings is 1. The third-order valence-corrected chi connectivity index (χ3v) is 3.86. The SMILES string of the molecule is NCc1ccc(S(=O)(=O)Nc2cccc(F)c2F)cn1. The lowest BCUT2D eigenvalue weighted by Crippen LogP contribution is -2.15. The van der Waals surface area contributed by atoms with Crippen molar-refractivity contribution in [3.05, 3.63) is 53.9 Å². The van der Waals surface area contributed by atoms with Gasteiger partial charge in [-0.15, -0.1) is 0 Å². The van der Waals surface area contributed by atoms with Crippen LogP contribution in [0.5, 0.6) is 0 Å². The number of anilines is 1. The van der Waals surface area contributed by atoms with E-state index >= 15 is 0 Å². The number of nitrogens with two attached hydrogens (primary N) is 1. The van der Waals surface area contributed by atoms with Crippen LogP contribution in [0.3, 0.4) is 0 Å². The van der Waals surface area contributed by atoms with Crippen LogP contribution in [-0.2, 0) is 16.6 Å². The van der Waals surface area contributed by atoms with Gasteiger partial charge in [-0.1, -0.05) is 6.07 Å². The van der Waals surface area contributed by atoms with Gasteiger partial charge in [0.05, 0.1) is 11.4 Å². The maximum atomic E-state index is 13.4. The highest BCUT2D eigenvalue weighted by Crippen LogP contribution is 2.20. The van der Waals surface area contributed by atoms with E-state index in [0.29, 0.717) is 5.69 Å². The normalized spacial score (nSPS) is 11.3. The van der Waals surface area contributed by atoms with Crippen molar-refractivity contribution in [2.24, 2.45) is 5.73 Å². The Kier molecular flexibility index (Phi) is 3.96. The van der Waals surface area contributed by atoms with Crippen LogP contribution in [0.25, 0.3) is 0 Å². The topological polar surface area (TPSA) is 85.1 Å². The second kappa shape index (κ2) is 5.51. The molecule has 0 atom stereocenters. The van der Waals surface area contributed by atoms with Crippen LogP contribution in [0.2, 0.25) is 0 Å². The maximum absolute atomic E-state index is 13.4. The van der Waals surface area contributed by atoms with Crippen molar-refractivity contribution >= 4 is 15.7 Å². The van der Waals surface area contributed by atoms with Gasteiger partial charge in [0.2, 0.25) is 0 Å². The predicted octanol–water partition coefficient (Wildman–Crippen LogP) is 1.62. The van der Waals surface area contributed by atoms with Crippen LogP contribution in [0.15, 0.2) is 41.4 Å². The molecule has 0 spiro atoms. The Morgan fingerprint density at radius 1 is 1.20 bits per heavy atom. The number of sulfonamides is 1. The highest BCUT2D eigenvalue weighted by atomic mass is 32.2. The molecule has 1 heterocycles. The number of hydrogen-bond acceptors (Lipinski definition) is 4. The van der Waals surface area contributed by atoms with Crippen molar-refractivity contribution in [2.75, 3.05) is 4.72 Å². The molecule has 5 nitrogen and oxygen atoms in total. The van der Waals surface area contributed by atoms with E-state index < -0.39 is 27.3 Å². The van der Waals surface area contributed by atoms with Crippen molar-refractivity contribution in [1.82, 2.24) is 4.98 Å². The smallest absolute Gasteiger partial charge is 0.263 e. The van der Waals surface area contributed by atoms with Crippen LogP contribution in [0.4, 0.5) is 14.5 Å². The van der Waals surface area contributed by atoms with E-state index in [-0.39, 0.29) is 11.4 Å². The summed E-state index contributed by atoms with van der Waals surface area (Å²) in [5, 5.41) is 0. The first-order valence-electron chi connectivity index (χ1n) is 5.56. The average molecular weight is 299 g/mol. The molecule has 0 aliphatic carbocycles. The highest BCUT2D eigenvalue weighted by Gasteiger charge is 2.18. The summed E-state index contributed by atoms with van der Waals surface area (Å²) in [6, 6.07) is 5.94. The summed E-state index contributed by atoms with van der Waals surface area (Å²) in [6.07, 6.45) is 1.10. The molecule has 0 aliphatic rings. The van der Waals surface area contributed by atoms with Gasteiger partial charge < -0.3 is 5.73 Å². The zero-order valence-electron chi connectivity index (χ0n) is 10.2. The lowest BCUT2D eigenvalue weighted by Gasteiger charge is -2.09. The Morgan fingerprint density at radius 3 is 2.55 bits per heavy atom. The van der Waals surface area contributed by atoms with Crippen molar-refractivity contribution in [3.63, 3.8) is 0 Å². The van der Waals surface area contributed by atoms with Crippen molar-refractivity contribution in [1.29, 1.82) is 0 Å². The van der Waals surface area contributed by atoms with Gasteiger partial charge in [0.25, 0.3) is 10.0 Å². The molecule has 0 aliphatic heterocycles. The van der Waals surface area contributed by atoms with Gasteiger partial charge in [0, 0.05) is 12.7 Å². The molecule has 1 aromatic carbocycles. The summed E-state index contributed by atoms with van der Waals surface area (Å²) in [6.45, 7) is 0.173. The first-order chi connectivity index (χ1) is 9.44. The molecule has 2 aromatic rings. The molecule has 20 heavy (non-hydrogen) atoms. The summed E-state index contributed by atoms with van der Waals surface area (Å²) in [7, 11) is -4.04. The first-order valence-corrected chi connectivity index (χ1v) is 7.04. The Morgan fingerprint density at radius 2 is 1.95 bits per heavy atom. The number of nitrogens with one attached hydrogen (secondary N) is 1. The van der Waals surface area contributed by atoms with E-state index in [1.165, 1.54) is 18.2 Å². The Labute approximate surface area is 114 Å². The van der Waals surface area contributed by atoms with E-state index in [2.05, 4.69) is 4.98 Å². The van der Waals surface area contributed by atoms with Gasteiger partial charge >= 0.3 is 0 Å². The van der Waals surface area contributed by atoms with Gasteiger partial charge in [0.1, 0.15) is 4.90 Å². The van der Waals surface area contributed by atoms with Crippen LogP contribution in [-0.4, -0.2) is 13.4 Å². The highest BCUT2D eigenvalue weighted by molar-refractivity contribution is 7.92. The molecule has 0 bridgehead atoms. The largest absolute Gasteiger partial charge is 0.325 e. The fraction of sp³-hybridized carbons (Fsp3) is 0.0833. The predicted molar refractivity (Wildman–Crippen MR) is 69.3 cm³/mol. The second-order valence-electron chi connectivity index (χ2n) is 3.90. The molecule has 0 saturated carbocycles. The van der Waals surface area contributed by atoms with Gasteiger partial charge in [-0.05, 0) is 24.3 Å². The molecule has 0 radical (unpaired) electrons. The lowest BCUT2D eigenvalue weighted by molar-refractivity contribution is 0.511. The minimum Gasteiger partial charge on any atom is -0.325 e. The Bertz CT molecular complexity index is 718. The zero-order valence-corrected chi connectivity index (χ0v) is 11.0. The van der Waals surface area contributed by atoms with Gasteiger partial charge in [-0.3, -0.25) is 9.71 Å². The van der Waals surface area contributed by atoms with Gasteiger partial charge in [-0.2, -0.15) is 0 Å². The summed E-state index contributed by atoms with van der Waals surface area (Å²) < 4.78 is 52.4. The standard InChI is InChI=1S/C12H11F2N3O2S/c13-10-2-1-3-11(12(10)14)17-20(18,19)9-5-4-8(6-15)16-7-9/h1-5,7,17H,6,15H2. The molecular weight excluding hydrogens is 288 g/mol. The van der Waals surface area contributed by atoms with Crippen LogP contribution < -0.4 is 10.5 Å². The second-order valence-corrected chi connectivity index (χ2v) is 5.58. The fourth-order valence-electron chi connectivity index (χ4n) is 1.48. The Balaban J connectivity index is 2.33. The van der Waals surface area contributed by atoms with Crippen LogP contribution in [0.1, 0.15) is 5.69 Å². The lowest BCUT2D eigenvalue weighted by atomic mass is 10.3. The minimum atomic E-state index is -4.04.